The molecule has 12 aromatic carbocycles. The van der Waals surface area contributed by atoms with Crippen molar-refractivity contribution in [2.24, 2.45) is 0 Å². The number of imidazole rings is 1. The minimum atomic E-state index is 0.843. The average Bonchev–Trinajstić information content (AvgIpc) is 3.87. The third kappa shape index (κ3) is 7.47. The lowest BCUT2D eigenvalue weighted by atomic mass is 9.80. The maximum atomic E-state index is 5.24. The van der Waals surface area contributed by atoms with Crippen LogP contribution in [0.2, 0.25) is 0 Å². The van der Waals surface area contributed by atoms with Gasteiger partial charge in [0.15, 0.2) is 0 Å². The van der Waals surface area contributed by atoms with Gasteiger partial charge in [0.2, 0.25) is 0 Å². The molecule has 2 nitrogen and oxygen atoms in total. The molecule has 0 amide bonds. The Labute approximate surface area is 432 Å². The summed E-state index contributed by atoms with van der Waals surface area (Å²) < 4.78 is 2.25. The van der Waals surface area contributed by atoms with Gasteiger partial charge in [-0.25, -0.2) is 4.98 Å². The summed E-state index contributed by atoms with van der Waals surface area (Å²) in [6.45, 7) is 6.22. The van der Waals surface area contributed by atoms with Crippen LogP contribution in [0.5, 0.6) is 0 Å². The topological polar surface area (TPSA) is 17.8 Å². The van der Waals surface area contributed by atoms with Crippen molar-refractivity contribution in [1.82, 2.24) is 9.55 Å². The molecule has 13 rings (SSSR count). The average molecular weight is 943 g/mol. The van der Waals surface area contributed by atoms with Gasteiger partial charge in [-0.2, -0.15) is 0 Å². The predicted molar refractivity (Wildman–Crippen MR) is 316 cm³/mol. The zero-order chi connectivity index (χ0) is 49.5. The Balaban J connectivity index is 1.09. The van der Waals surface area contributed by atoms with Crippen molar-refractivity contribution in [1.29, 1.82) is 0 Å². The van der Waals surface area contributed by atoms with Crippen LogP contribution in [0.4, 0.5) is 0 Å². The Morgan fingerprint density at radius 1 is 0.338 bits per heavy atom. The number of benzene rings is 12. The van der Waals surface area contributed by atoms with Gasteiger partial charge in [-0.3, -0.25) is 4.57 Å². The second kappa shape index (κ2) is 18.8. The summed E-state index contributed by atoms with van der Waals surface area (Å²) in [5.74, 6) is 0.866. The smallest absolute Gasteiger partial charge is 0.145 e. The van der Waals surface area contributed by atoms with Crippen LogP contribution in [0.15, 0.2) is 267 Å². The van der Waals surface area contributed by atoms with Gasteiger partial charge in [0, 0.05) is 11.3 Å². The fraction of sp³-hybridized carbons (Fsp3) is 0.0139. The fourth-order valence-corrected chi connectivity index (χ4v) is 11.6. The number of allylic oxidation sites excluding steroid dienone is 1. The van der Waals surface area contributed by atoms with Crippen molar-refractivity contribution in [2.45, 2.75) is 6.92 Å². The van der Waals surface area contributed by atoms with Crippen LogP contribution in [-0.4, -0.2) is 9.55 Å². The first-order valence-corrected chi connectivity index (χ1v) is 25.4. The first kappa shape index (κ1) is 44.3. The first-order chi connectivity index (χ1) is 36.7. The molecule has 0 saturated heterocycles. The molecule has 13 aromatic rings. The summed E-state index contributed by atoms with van der Waals surface area (Å²) in [5, 5.41) is 9.63. The maximum absolute atomic E-state index is 5.24. The highest BCUT2D eigenvalue weighted by Gasteiger charge is 2.24. The Bertz CT molecular complexity index is 4260. The SMILES string of the molecule is C=Cc1nc(-c2cccc(-c3c4ccccc4c(-c4ccc5c(-c6ccccc6-c6ccccc6)c6ccccc6c(-c6ccccc6-c6ccccc6)c5c4)c4ccccc34)c2)n(-c2ccccc2)c1/C=C\C. The van der Waals surface area contributed by atoms with Crippen molar-refractivity contribution < 1.29 is 0 Å². The summed E-state index contributed by atoms with van der Waals surface area (Å²) in [6.07, 6.45) is 6.04. The van der Waals surface area contributed by atoms with Crippen molar-refractivity contribution in [3.05, 3.63) is 279 Å². The number of rotatable bonds is 10. The number of fused-ring (bicyclic) bond motifs is 4. The molecule has 0 saturated carbocycles. The molecule has 0 radical (unpaired) electrons. The van der Waals surface area contributed by atoms with E-state index in [0.717, 1.165) is 34.0 Å². The Morgan fingerprint density at radius 2 is 0.730 bits per heavy atom. The van der Waals surface area contributed by atoms with Gasteiger partial charge in [0.05, 0.1) is 11.4 Å². The molecular formula is C72H50N2. The zero-order valence-corrected chi connectivity index (χ0v) is 41.1. The van der Waals surface area contributed by atoms with Gasteiger partial charge in [-0.05, 0) is 153 Å². The quantitative estimate of drug-likeness (QED) is 0.125. The van der Waals surface area contributed by atoms with Crippen LogP contribution >= 0.6 is 0 Å². The Kier molecular flexibility index (Phi) is 11.3. The second-order valence-electron chi connectivity index (χ2n) is 18.9. The molecule has 0 N–H and O–H groups in total. The lowest BCUT2D eigenvalue weighted by molar-refractivity contribution is 1.05. The Hall–Kier alpha value is -9.63. The van der Waals surface area contributed by atoms with Crippen molar-refractivity contribution in [3.63, 3.8) is 0 Å². The van der Waals surface area contributed by atoms with Crippen molar-refractivity contribution in [2.75, 3.05) is 0 Å². The minimum absolute atomic E-state index is 0.843. The van der Waals surface area contributed by atoms with Crippen LogP contribution in [0.3, 0.4) is 0 Å². The third-order valence-electron chi connectivity index (χ3n) is 14.7. The normalized spacial score (nSPS) is 11.6. The molecule has 0 atom stereocenters. The minimum Gasteiger partial charge on any atom is -0.292 e. The molecule has 348 valence electrons. The molecule has 0 bridgehead atoms. The van der Waals surface area contributed by atoms with Crippen LogP contribution in [-0.2, 0) is 0 Å². The zero-order valence-electron chi connectivity index (χ0n) is 41.1. The third-order valence-corrected chi connectivity index (χ3v) is 14.7. The summed E-state index contributed by atoms with van der Waals surface area (Å²) in [7, 11) is 0. The molecular weight excluding hydrogens is 893 g/mol. The molecule has 0 spiro atoms. The van der Waals surface area contributed by atoms with Gasteiger partial charge in [-0.15, -0.1) is 0 Å². The molecule has 74 heavy (non-hydrogen) atoms. The molecule has 1 heterocycles. The fourth-order valence-electron chi connectivity index (χ4n) is 11.6. The standard InChI is InChI=1S/C72H50N2/c1-3-25-67-66(4-2)73-72(74(67)53-32-12-7-13-33-53)52-31-24-30-50(46-52)68-58-38-18-20-40-60(58)69(61-41-21-19-39-59(61)68)51-44-45-64-65(47-51)71(57-37-17-15-35-55(57)49-28-10-6-11-29-49)63-43-23-22-42-62(63)70(64)56-36-16-14-34-54(56)48-26-8-5-9-27-48/h3-47H,2H2,1H3/b25-3-. The van der Waals surface area contributed by atoms with Gasteiger partial charge < -0.3 is 0 Å². The second-order valence-corrected chi connectivity index (χ2v) is 18.9. The lowest BCUT2D eigenvalue weighted by Crippen LogP contribution is -2.00. The largest absolute Gasteiger partial charge is 0.292 e. The molecule has 0 aliphatic heterocycles. The Morgan fingerprint density at radius 3 is 1.23 bits per heavy atom. The van der Waals surface area contributed by atoms with E-state index in [1.165, 1.54) is 104 Å². The predicted octanol–water partition coefficient (Wildman–Crippen LogP) is 19.8. The molecule has 0 fully saturated rings. The maximum Gasteiger partial charge on any atom is 0.145 e. The monoisotopic (exact) mass is 942 g/mol. The van der Waals surface area contributed by atoms with Gasteiger partial charge >= 0.3 is 0 Å². The summed E-state index contributed by atoms with van der Waals surface area (Å²) in [5.41, 5.74) is 18.3. The van der Waals surface area contributed by atoms with Crippen molar-refractivity contribution >= 4 is 55.2 Å². The summed E-state index contributed by atoms with van der Waals surface area (Å²) >= 11 is 0. The number of hydrogen-bond acceptors (Lipinski definition) is 1. The van der Waals surface area contributed by atoms with Gasteiger partial charge in [-0.1, -0.05) is 243 Å². The number of para-hydroxylation sites is 1. The van der Waals surface area contributed by atoms with Crippen LogP contribution in [0, 0.1) is 0 Å². The highest BCUT2D eigenvalue weighted by atomic mass is 15.1. The van der Waals surface area contributed by atoms with E-state index in [-0.39, 0.29) is 0 Å². The van der Waals surface area contributed by atoms with Gasteiger partial charge in [0.25, 0.3) is 0 Å². The van der Waals surface area contributed by atoms with Crippen LogP contribution in [0.25, 0.3) is 139 Å². The van der Waals surface area contributed by atoms with E-state index in [4.69, 9.17) is 4.98 Å². The van der Waals surface area contributed by atoms with E-state index in [2.05, 4.69) is 278 Å². The lowest BCUT2D eigenvalue weighted by Gasteiger charge is -2.22. The van der Waals surface area contributed by atoms with E-state index in [9.17, 15) is 0 Å². The van der Waals surface area contributed by atoms with Crippen LogP contribution in [0.1, 0.15) is 18.3 Å². The van der Waals surface area contributed by atoms with E-state index >= 15 is 0 Å². The molecule has 0 aliphatic rings. The first-order valence-electron chi connectivity index (χ1n) is 25.4. The van der Waals surface area contributed by atoms with E-state index in [1.54, 1.807) is 0 Å². The van der Waals surface area contributed by atoms with E-state index in [0.29, 0.717) is 0 Å². The van der Waals surface area contributed by atoms with E-state index in [1.807, 2.05) is 13.0 Å². The molecule has 0 aliphatic carbocycles. The summed E-state index contributed by atoms with van der Waals surface area (Å²) in [6, 6.07) is 93.1. The van der Waals surface area contributed by atoms with E-state index < -0.39 is 0 Å². The number of aromatic nitrogens is 2. The number of hydrogen-bond donors (Lipinski definition) is 0. The van der Waals surface area contributed by atoms with Crippen molar-refractivity contribution in [3.8, 4) is 83.8 Å². The highest BCUT2D eigenvalue weighted by molar-refractivity contribution is 6.26. The van der Waals surface area contributed by atoms with Crippen LogP contribution < -0.4 is 0 Å². The highest BCUT2D eigenvalue weighted by Crippen LogP contribution is 2.51. The van der Waals surface area contributed by atoms with Gasteiger partial charge in [0.1, 0.15) is 5.82 Å². The molecule has 1 aromatic heterocycles. The summed E-state index contributed by atoms with van der Waals surface area (Å²) in [4.78, 5) is 5.24. The molecule has 0 unspecified atom stereocenters. The number of nitrogens with zero attached hydrogens (tertiary/aromatic N) is 2. The molecule has 2 heteroatoms.